The molecule has 0 saturated carbocycles. The molecule has 1 aliphatic rings. The Morgan fingerprint density at radius 3 is 2.89 bits per heavy atom. The zero-order valence-electron chi connectivity index (χ0n) is 15.6. The van der Waals surface area contributed by atoms with Gasteiger partial charge in [0.2, 0.25) is 0 Å². The van der Waals surface area contributed by atoms with Gasteiger partial charge in [-0.2, -0.15) is 0 Å². The number of likely N-dealkylation sites (N-methyl/N-ethyl adjacent to an activating group) is 1. The lowest BCUT2D eigenvalue weighted by Crippen LogP contribution is -2.23. The maximum Gasteiger partial charge on any atom is 0.419 e. The molecule has 27 heavy (non-hydrogen) atoms. The number of carbonyl (C=O) groups is 1. The van der Waals surface area contributed by atoms with Gasteiger partial charge in [0.05, 0.1) is 5.52 Å². The number of anilines is 1. The van der Waals surface area contributed by atoms with Gasteiger partial charge in [-0.25, -0.2) is 4.79 Å². The lowest BCUT2D eigenvalue weighted by molar-refractivity contribution is 0.102. The van der Waals surface area contributed by atoms with Crippen molar-refractivity contribution in [1.82, 2.24) is 9.47 Å². The lowest BCUT2D eigenvalue weighted by atomic mass is 10.0. The van der Waals surface area contributed by atoms with Gasteiger partial charge in [0, 0.05) is 24.3 Å². The number of nitrogens with one attached hydrogen (secondary N) is 1. The smallest absolute Gasteiger partial charge is 0.408 e. The van der Waals surface area contributed by atoms with Crippen LogP contribution in [0.2, 0.25) is 0 Å². The van der Waals surface area contributed by atoms with Crippen LogP contribution < -0.4 is 11.1 Å². The molecule has 1 aromatic heterocycles. The summed E-state index contributed by atoms with van der Waals surface area (Å²) in [6, 6.07) is 11.2. The fraction of sp³-hybridized carbons (Fsp3) is 0.333. The van der Waals surface area contributed by atoms with E-state index in [1.165, 1.54) is 5.56 Å². The summed E-state index contributed by atoms with van der Waals surface area (Å²) in [4.78, 5) is 26.9. The molecule has 1 heterocycles. The SMILES string of the molecule is CN(C)CCn1c(=O)oc2ccc(NC(=O)c3cccc4c3CCC4)cc21. The first-order chi connectivity index (χ1) is 13.0. The van der Waals surface area contributed by atoms with Crippen LogP contribution in [0.1, 0.15) is 27.9 Å². The van der Waals surface area contributed by atoms with Gasteiger partial charge in [-0.15, -0.1) is 0 Å². The van der Waals surface area contributed by atoms with Gasteiger partial charge in [-0.3, -0.25) is 9.36 Å². The van der Waals surface area contributed by atoms with Crippen molar-refractivity contribution >= 4 is 22.7 Å². The Kier molecular flexibility index (Phi) is 4.58. The zero-order valence-corrected chi connectivity index (χ0v) is 15.6. The average molecular weight is 365 g/mol. The number of rotatable bonds is 5. The molecule has 6 nitrogen and oxygen atoms in total. The van der Waals surface area contributed by atoms with E-state index in [0.29, 0.717) is 23.3 Å². The van der Waals surface area contributed by atoms with E-state index in [1.54, 1.807) is 22.8 Å². The number of nitrogens with zero attached hydrogens (tertiary/aromatic N) is 2. The Labute approximate surface area is 157 Å². The normalized spacial score (nSPS) is 13.3. The van der Waals surface area contributed by atoms with Gasteiger partial charge in [0.1, 0.15) is 0 Å². The summed E-state index contributed by atoms with van der Waals surface area (Å²) in [5.41, 5.74) is 5.04. The predicted octanol–water partition coefficient (Wildman–Crippen LogP) is 2.90. The number of fused-ring (bicyclic) bond motifs is 2. The Bertz CT molecular complexity index is 1060. The van der Waals surface area contributed by atoms with E-state index in [2.05, 4.69) is 11.4 Å². The van der Waals surface area contributed by atoms with E-state index in [-0.39, 0.29) is 11.7 Å². The van der Waals surface area contributed by atoms with E-state index in [9.17, 15) is 9.59 Å². The summed E-state index contributed by atoms with van der Waals surface area (Å²) in [6.07, 6.45) is 3.08. The number of carbonyl (C=O) groups excluding carboxylic acids is 1. The van der Waals surface area contributed by atoms with Crippen molar-refractivity contribution in [3.05, 3.63) is 63.6 Å². The van der Waals surface area contributed by atoms with Crippen molar-refractivity contribution in [3.63, 3.8) is 0 Å². The molecular weight excluding hydrogens is 342 g/mol. The van der Waals surface area contributed by atoms with Crippen molar-refractivity contribution in [2.75, 3.05) is 26.0 Å². The second-order valence-corrected chi connectivity index (χ2v) is 7.26. The van der Waals surface area contributed by atoms with E-state index >= 15 is 0 Å². The molecule has 0 aliphatic heterocycles. The average Bonchev–Trinajstić information content (AvgIpc) is 3.23. The van der Waals surface area contributed by atoms with Crippen LogP contribution in [-0.2, 0) is 19.4 Å². The Hall–Kier alpha value is -2.86. The number of aryl methyl sites for hydroxylation is 1. The quantitative estimate of drug-likeness (QED) is 0.755. The standard InChI is InChI=1S/C21H23N3O3/c1-23(2)11-12-24-18-13-15(9-10-19(18)27-21(24)26)22-20(25)17-8-4-6-14-5-3-7-16(14)17/h4,6,8-10,13H,3,5,7,11-12H2,1-2H3,(H,22,25). The highest BCUT2D eigenvalue weighted by Crippen LogP contribution is 2.26. The third-order valence-corrected chi connectivity index (χ3v) is 5.09. The van der Waals surface area contributed by atoms with Gasteiger partial charge in [0.25, 0.3) is 5.91 Å². The summed E-state index contributed by atoms with van der Waals surface area (Å²) < 4.78 is 6.92. The van der Waals surface area contributed by atoms with Crippen molar-refractivity contribution < 1.29 is 9.21 Å². The number of oxazole rings is 1. The van der Waals surface area contributed by atoms with Crippen molar-refractivity contribution in [2.24, 2.45) is 0 Å². The molecule has 6 heteroatoms. The molecule has 0 radical (unpaired) electrons. The molecule has 140 valence electrons. The molecule has 0 bridgehead atoms. The highest BCUT2D eigenvalue weighted by molar-refractivity contribution is 6.06. The Morgan fingerprint density at radius 2 is 2.07 bits per heavy atom. The van der Waals surface area contributed by atoms with Crippen molar-refractivity contribution in [1.29, 1.82) is 0 Å². The molecule has 2 aromatic carbocycles. The van der Waals surface area contributed by atoms with Crippen LogP contribution in [0.15, 0.2) is 45.6 Å². The third kappa shape index (κ3) is 3.40. The fourth-order valence-electron chi connectivity index (χ4n) is 3.68. The summed E-state index contributed by atoms with van der Waals surface area (Å²) >= 11 is 0. The largest absolute Gasteiger partial charge is 0.419 e. The van der Waals surface area contributed by atoms with Crippen LogP contribution in [0.5, 0.6) is 0 Å². The third-order valence-electron chi connectivity index (χ3n) is 5.09. The Balaban J connectivity index is 1.63. The first-order valence-electron chi connectivity index (χ1n) is 9.23. The molecule has 4 rings (SSSR count). The number of hydrogen-bond acceptors (Lipinski definition) is 4. The lowest BCUT2D eigenvalue weighted by Gasteiger charge is -2.11. The maximum absolute atomic E-state index is 12.8. The van der Waals surface area contributed by atoms with Gasteiger partial charge in [-0.05, 0) is 68.8 Å². The Morgan fingerprint density at radius 1 is 1.22 bits per heavy atom. The van der Waals surface area contributed by atoms with Crippen LogP contribution in [-0.4, -0.2) is 36.0 Å². The van der Waals surface area contributed by atoms with Crippen LogP contribution >= 0.6 is 0 Å². The summed E-state index contributed by atoms with van der Waals surface area (Å²) in [5.74, 6) is -0.491. The fourth-order valence-corrected chi connectivity index (χ4v) is 3.68. The van der Waals surface area contributed by atoms with Crippen LogP contribution in [0.25, 0.3) is 11.1 Å². The van der Waals surface area contributed by atoms with Crippen LogP contribution in [0.3, 0.4) is 0 Å². The molecule has 0 unspecified atom stereocenters. The summed E-state index contributed by atoms with van der Waals surface area (Å²) in [5, 5.41) is 2.98. The highest BCUT2D eigenvalue weighted by atomic mass is 16.4. The van der Waals surface area contributed by atoms with E-state index in [4.69, 9.17) is 4.42 Å². The topological polar surface area (TPSA) is 67.5 Å². The number of amides is 1. The van der Waals surface area contributed by atoms with Gasteiger partial charge < -0.3 is 14.6 Å². The minimum atomic E-state index is -0.379. The molecular formula is C21H23N3O3. The van der Waals surface area contributed by atoms with E-state index < -0.39 is 0 Å². The molecule has 1 aliphatic carbocycles. The molecule has 3 aromatic rings. The molecule has 1 amide bonds. The molecule has 1 N–H and O–H groups in total. The van der Waals surface area contributed by atoms with Crippen LogP contribution in [0.4, 0.5) is 5.69 Å². The molecule has 0 spiro atoms. The number of benzene rings is 2. The summed E-state index contributed by atoms with van der Waals surface area (Å²) in [6.45, 7) is 1.25. The maximum atomic E-state index is 12.8. The first kappa shape index (κ1) is 17.5. The number of aromatic nitrogens is 1. The molecule has 0 atom stereocenters. The van der Waals surface area contributed by atoms with Crippen molar-refractivity contribution in [3.8, 4) is 0 Å². The van der Waals surface area contributed by atoms with Gasteiger partial charge >= 0.3 is 5.76 Å². The van der Waals surface area contributed by atoms with Crippen molar-refractivity contribution in [2.45, 2.75) is 25.8 Å². The monoisotopic (exact) mass is 365 g/mol. The van der Waals surface area contributed by atoms with Gasteiger partial charge in [0.15, 0.2) is 5.58 Å². The van der Waals surface area contributed by atoms with Crippen LogP contribution in [0, 0.1) is 0 Å². The first-order valence-corrected chi connectivity index (χ1v) is 9.23. The number of hydrogen-bond donors (Lipinski definition) is 1. The van der Waals surface area contributed by atoms with Gasteiger partial charge in [-0.1, -0.05) is 12.1 Å². The molecule has 0 fully saturated rings. The second kappa shape index (κ2) is 7.04. The zero-order chi connectivity index (χ0) is 19.0. The van der Waals surface area contributed by atoms with E-state index in [1.807, 2.05) is 31.1 Å². The van der Waals surface area contributed by atoms with E-state index in [0.717, 1.165) is 36.9 Å². The minimum absolute atomic E-state index is 0.112. The minimum Gasteiger partial charge on any atom is -0.408 e. The second-order valence-electron chi connectivity index (χ2n) is 7.26. The predicted molar refractivity (Wildman–Crippen MR) is 105 cm³/mol. The molecule has 0 saturated heterocycles. The highest BCUT2D eigenvalue weighted by Gasteiger charge is 2.19. The summed E-state index contributed by atoms with van der Waals surface area (Å²) in [7, 11) is 3.91.